The van der Waals surface area contributed by atoms with Gasteiger partial charge in [0, 0.05) is 14.8 Å². The van der Waals surface area contributed by atoms with Crippen LogP contribution in [0.3, 0.4) is 0 Å². The molecule has 0 heterocycles. The molecule has 0 spiro atoms. The summed E-state index contributed by atoms with van der Waals surface area (Å²) in [6, 6.07) is 13.1. The highest BCUT2D eigenvalue weighted by atomic mass is 79.9. The van der Waals surface area contributed by atoms with Crippen LogP contribution in [-0.4, -0.2) is 5.11 Å². The van der Waals surface area contributed by atoms with Crippen molar-refractivity contribution in [3.63, 3.8) is 0 Å². The molecule has 16 heavy (non-hydrogen) atoms. The minimum atomic E-state index is 0.250. The van der Waals surface area contributed by atoms with Crippen LogP contribution >= 0.6 is 39.3 Å². The second-order valence-electron chi connectivity index (χ2n) is 3.17. The van der Waals surface area contributed by atoms with Crippen molar-refractivity contribution in [2.45, 2.75) is 9.79 Å². The maximum atomic E-state index is 9.37. The Hall–Kier alpha value is -0.640. The van der Waals surface area contributed by atoms with Gasteiger partial charge in [0.2, 0.25) is 0 Å². The predicted octanol–water partition coefficient (Wildman–Crippen LogP) is 4.96. The molecule has 82 valence electrons. The van der Waals surface area contributed by atoms with Gasteiger partial charge in [0.1, 0.15) is 5.75 Å². The van der Waals surface area contributed by atoms with Crippen molar-refractivity contribution >= 4 is 39.3 Å². The Kier molecular flexibility index (Phi) is 3.79. The molecule has 0 radical (unpaired) electrons. The van der Waals surface area contributed by atoms with Gasteiger partial charge >= 0.3 is 0 Å². The Bertz CT molecular complexity index is 499. The lowest BCUT2D eigenvalue weighted by Crippen LogP contribution is -1.75. The van der Waals surface area contributed by atoms with Gasteiger partial charge in [-0.1, -0.05) is 23.4 Å². The van der Waals surface area contributed by atoms with Crippen molar-refractivity contribution in [2.24, 2.45) is 0 Å². The van der Waals surface area contributed by atoms with Crippen molar-refractivity contribution in [1.82, 2.24) is 0 Å². The number of benzene rings is 2. The van der Waals surface area contributed by atoms with E-state index in [9.17, 15) is 5.11 Å². The van der Waals surface area contributed by atoms with E-state index in [0.29, 0.717) is 4.47 Å². The van der Waals surface area contributed by atoms with E-state index in [1.807, 2.05) is 36.4 Å². The summed E-state index contributed by atoms with van der Waals surface area (Å²) in [6.07, 6.45) is 0. The van der Waals surface area contributed by atoms with E-state index in [2.05, 4.69) is 15.9 Å². The van der Waals surface area contributed by atoms with Crippen molar-refractivity contribution < 1.29 is 5.11 Å². The first-order valence-corrected chi connectivity index (χ1v) is 6.56. The van der Waals surface area contributed by atoms with Crippen molar-refractivity contribution in [1.29, 1.82) is 0 Å². The summed E-state index contributed by atoms with van der Waals surface area (Å²) in [5, 5.41) is 10.1. The Balaban J connectivity index is 2.20. The highest BCUT2D eigenvalue weighted by Gasteiger charge is 2.01. The molecule has 0 aliphatic carbocycles. The number of phenolic OH excluding ortho intramolecular Hbond substituents is 1. The molecule has 0 saturated carbocycles. The van der Waals surface area contributed by atoms with E-state index in [0.717, 1.165) is 14.8 Å². The molecule has 0 aromatic heterocycles. The van der Waals surface area contributed by atoms with Crippen LogP contribution < -0.4 is 0 Å². The van der Waals surface area contributed by atoms with Crippen LogP contribution in [0.4, 0.5) is 0 Å². The van der Waals surface area contributed by atoms with Gasteiger partial charge in [-0.2, -0.15) is 0 Å². The number of aromatic hydroxyl groups is 1. The van der Waals surface area contributed by atoms with Gasteiger partial charge in [-0.05, 0) is 58.4 Å². The second-order valence-corrected chi connectivity index (χ2v) is 5.61. The van der Waals surface area contributed by atoms with Crippen LogP contribution in [0.1, 0.15) is 0 Å². The number of hydrogen-bond acceptors (Lipinski definition) is 2. The molecule has 2 rings (SSSR count). The third-order valence-corrected chi connectivity index (χ3v) is 3.85. The standard InChI is InChI=1S/C12H8BrClOS/c13-11-7-10(5-6-12(11)15)16-9-3-1-8(14)2-4-9/h1-7,15H. The van der Waals surface area contributed by atoms with Crippen molar-refractivity contribution in [2.75, 3.05) is 0 Å². The summed E-state index contributed by atoms with van der Waals surface area (Å²) in [5.41, 5.74) is 0. The van der Waals surface area contributed by atoms with Gasteiger partial charge in [-0.15, -0.1) is 0 Å². The van der Waals surface area contributed by atoms with E-state index in [1.54, 1.807) is 17.8 Å². The third kappa shape index (κ3) is 2.94. The zero-order valence-electron chi connectivity index (χ0n) is 8.15. The van der Waals surface area contributed by atoms with Gasteiger partial charge in [0.15, 0.2) is 0 Å². The Morgan fingerprint density at radius 1 is 1.00 bits per heavy atom. The van der Waals surface area contributed by atoms with Gasteiger partial charge in [-0.25, -0.2) is 0 Å². The lowest BCUT2D eigenvalue weighted by molar-refractivity contribution is 0.471. The molecule has 2 aromatic carbocycles. The molecule has 2 aromatic rings. The molecular formula is C12H8BrClOS. The van der Waals surface area contributed by atoms with E-state index < -0.39 is 0 Å². The lowest BCUT2D eigenvalue weighted by Gasteiger charge is -2.03. The molecule has 4 heteroatoms. The van der Waals surface area contributed by atoms with Crippen LogP contribution in [0.15, 0.2) is 56.7 Å². The summed E-state index contributed by atoms with van der Waals surface area (Å²) in [6.45, 7) is 0. The second kappa shape index (κ2) is 5.13. The zero-order valence-corrected chi connectivity index (χ0v) is 11.3. The van der Waals surface area contributed by atoms with Crippen LogP contribution in [-0.2, 0) is 0 Å². The summed E-state index contributed by atoms with van der Waals surface area (Å²) in [7, 11) is 0. The minimum absolute atomic E-state index is 0.250. The van der Waals surface area contributed by atoms with Crippen LogP contribution in [0, 0.1) is 0 Å². The molecule has 0 saturated heterocycles. The molecule has 0 aliphatic rings. The largest absolute Gasteiger partial charge is 0.507 e. The fourth-order valence-corrected chi connectivity index (χ4v) is 2.70. The number of phenols is 1. The molecule has 0 bridgehead atoms. The van der Waals surface area contributed by atoms with Gasteiger partial charge < -0.3 is 5.11 Å². The molecule has 1 N–H and O–H groups in total. The number of rotatable bonds is 2. The van der Waals surface area contributed by atoms with E-state index >= 15 is 0 Å². The molecule has 0 atom stereocenters. The summed E-state index contributed by atoms with van der Waals surface area (Å²) in [5.74, 6) is 0.250. The first-order valence-electron chi connectivity index (χ1n) is 4.57. The zero-order chi connectivity index (χ0) is 11.5. The van der Waals surface area contributed by atoms with Gasteiger partial charge in [0.25, 0.3) is 0 Å². The lowest BCUT2D eigenvalue weighted by atomic mass is 10.3. The summed E-state index contributed by atoms with van der Waals surface area (Å²) < 4.78 is 0.700. The van der Waals surface area contributed by atoms with E-state index in [1.165, 1.54) is 0 Å². The Morgan fingerprint density at radius 2 is 1.62 bits per heavy atom. The smallest absolute Gasteiger partial charge is 0.129 e. The average molecular weight is 316 g/mol. The van der Waals surface area contributed by atoms with Crippen molar-refractivity contribution in [3.8, 4) is 5.75 Å². The molecule has 0 amide bonds. The normalized spacial score (nSPS) is 10.4. The topological polar surface area (TPSA) is 20.2 Å². The van der Waals surface area contributed by atoms with E-state index in [-0.39, 0.29) is 5.75 Å². The first-order chi connectivity index (χ1) is 7.65. The average Bonchev–Trinajstić information content (AvgIpc) is 2.27. The maximum Gasteiger partial charge on any atom is 0.129 e. The van der Waals surface area contributed by atoms with E-state index in [4.69, 9.17) is 11.6 Å². The van der Waals surface area contributed by atoms with Crippen molar-refractivity contribution in [3.05, 3.63) is 52.0 Å². The molecule has 1 nitrogen and oxygen atoms in total. The summed E-state index contributed by atoms with van der Waals surface area (Å²) >= 11 is 10.7. The van der Waals surface area contributed by atoms with Gasteiger partial charge in [-0.3, -0.25) is 0 Å². The third-order valence-electron chi connectivity index (χ3n) is 1.97. The van der Waals surface area contributed by atoms with Crippen LogP contribution in [0.5, 0.6) is 5.75 Å². The fraction of sp³-hybridized carbons (Fsp3) is 0. The first kappa shape index (κ1) is 11.8. The highest BCUT2D eigenvalue weighted by Crippen LogP contribution is 2.33. The van der Waals surface area contributed by atoms with Crippen LogP contribution in [0.25, 0.3) is 0 Å². The fourth-order valence-electron chi connectivity index (χ4n) is 1.19. The SMILES string of the molecule is Oc1ccc(Sc2ccc(Cl)cc2)cc1Br. The molecule has 0 fully saturated rings. The quantitative estimate of drug-likeness (QED) is 0.845. The predicted molar refractivity (Wildman–Crippen MR) is 71.4 cm³/mol. The monoisotopic (exact) mass is 314 g/mol. The maximum absolute atomic E-state index is 9.37. The number of halogens is 2. The highest BCUT2D eigenvalue weighted by molar-refractivity contribution is 9.10. The Morgan fingerprint density at radius 3 is 2.25 bits per heavy atom. The minimum Gasteiger partial charge on any atom is -0.507 e. The summed E-state index contributed by atoms with van der Waals surface area (Å²) in [4.78, 5) is 2.17. The molecular weight excluding hydrogens is 308 g/mol. The van der Waals surface area contributed by atoms with Gasteiger partial charge in [0.05, 0.1) is 4.47 Å². The van der Waals surface area contributed by atoms with Crippen LogP contribution in [0.2, 0.25) is 5.02 Å². The Labute approximate surface area is 112 Å². The molecule has 0 aliphatic heterocycles. The molecule has 0 unspecified atom stereocenters. The number of hydrogen-bond donors (Lipinski definition) is 1.